The lowest BCUT2D eigenvalue weighted by Crippen LogP contribution is -2.62. The number of fused-ring (bicyclic) bond motifs is 1. The standard InChI is InChI=1S/C21H24F3NO2/c1-2-27-19(26)25-11-10-20-9-4-3-7-17(20)18(25)12-15-14(13-21(22,23)24)6-5-8-16(15)20/h2,5-6,8,17-18H,1,3-4,7,9-13H2/t17-,18+,20-/m0/s1. The van der Waals surface area contributed by atoms with Crippen LogP contribution in [0.3, 0.4) is 0 Å². The third kappa shape index (κ3) is 3.03. The van der Waals surface area contributed by atoms with Crippen LogP contribution in [0.4, 0.5) is 18.0 Å². The first-order valence-corrected chi connectivity index (χ1v) is 9.62. The van der Waals surface area contributed by atoms with Crippen molar-refractivity contribution < 1.29 is 22.7 Å². The summed E-state index contributed by atoms with van der Waals surface area (Å²) in [7, 11) is 0. The van der Waals surface area contributed by atoms with Crippen LogP contribution in [0.25, 0.3) is 0 Å². The number of alkyl halides is 3. The Labute approximate surface area is 157 Å². The third-order valence-electron chi connectivity index (χ3n) is 6.79. The summed E-state index contributed by atoms with van der Waals surface area (Å²) in [5.74, 6) is 0.283. The Balaban J connectivity index is 1.80. The van der Waals surface area contributed by atoms with Crippen LogP contribution in [-0.4, -0.2) is 29.8 Å². The summed E-state index contributed by atoms with van der Waals surface area (Å²) in [5, 5.41) is 0. The molecule has 4 rings (SSSR count). The van der Waals surface area contributed by atoms with Crippen molar-refractivity contribution in [3.63, 3.8) is 0 Å². The van der Waals surface area contributed by atoms with Gasteiger partial charge in [-0.05, 0) is 48.3 Å². The first-order chi connectivity index (χ1) is 12.9. The van der Waals surface area contributed by atoms with E-state index in [-0.39, 0.29) is 17.4 Å². The summed E-state index contributed by atoms with van der Waals surface area (Å²) in [6.45, 7) is 4.03. The van der Waals surface area contributed by atoms with Crippen LogP contribution in [0, 0.1) is 5.92 Å². The summed E-state index contributed by atoms with van der Waals surface area (Å²) in [6.07, 6.45) is 0.958. The van der Waals surface area contributed by atoms with E-state index in [2.05, 4.69) is 6.58 Å². The quantitative estimate of drug-likeness (QED) is 0.667. The van der Waals surface area contributed by atoms with Gasteiger partial charge in [-0.25, -0.2) is 4.79 Å². The van der Waals surface area contributed by atoms with Gasteiger partial charge in [0.1, 0.15) is 0 Å². The number of hydrogen-bond donors (Lipinski definition) is 0. The second-order valence-corrected chi connectivity index (χ2v) is 8.01. The van der Waals surface area contributed by atoms with Crippen molar-refractivity contribution in [1.29, 1.82) is 0 Å². The van der Waals surface area contributed by atoms with Crippen molar-refractivity contribution in [3.05, 3.63) is 47.7 Å². The van der Waals surface area contributed by atoms with Gasteiger partial charge in [0, 0.05) is 18.0 Å². The van der Waals surface area contributed by atoms with Gasteiger partial charge < -0.3 is 9.64 Å². The molecule has 2 bridgehead atoms. The lowest BCUT2D eigenvalue weighted by Gasteiger charge is -2.58. The lowest BCUT2D eigenvalue weighted by atomic mass is 9.52. The largest absolute Gasteiger partial charge is 0.419 e. The molecular weight excluding hydrogens is 355 g/mol. The second kappa shape index (κ2) is 6.57. The molecule has 1 amide bonds. The monoisotopic (exact) mass is 379 g/mol. The van der Waals surface area contributed by atoms with Crippen molar-refractivity contribution in [3.8, 4) is 0 Å². The van der Waals surface area contributed by atoms with E-state index in [9.17, 15) is 18.0 Å². The van der Waals surface area contributed by atoms with Gasteiger partial charge in [0.25, 0.3) is 0 Å². The second-order valence-electron chi connectivity index (χ2n) is 8.01. The predicted molar refractivity (Wildman–Crippen MR) is 95.3 cm³/mol. The average Bonchev–Trinajstić information content (AvgIpc) is 2.61. The first-order valence-electron chi connectivity index (χ1n) is 9.62. The Morgan fingerprint density at radius 1 is 1.33 bits per heavy atom. The van der Waals surface area contributed by atoms with Gasteiger partial charge in [-0.3, -0.25) is 0 Å². The average molecular weight is 379 g/mol. The molecule has 3 aliphatic rings. The Bertz CT molecular complexity index is 760. The van der Waals surface area contributed by atoms with Crippen molar-refractivity contribution in [2.75, 3.05) is 6.54 Å². The molecule has 3 nitrogen and oxygen atoms in total. The van der Waals surface area contributed by atoms with Gasteiger partial charge in [-0.1, -0.05) is 37.6 Å². The van der Waals surface area contributed by atoms with E-state index in [1.807, 2.05) is 6.07 Å². The van der Waals surface area contributed by atoms with Crippen LogP contribution in [0.5, 0.6) is 0 Å². The topological polar surface area (TPSA) is 29.5 Å². The molecule has 1 heterocycles. The zero-order chi connectivity index (χ0) is 19.2. The number of rotatable bonds is 2. The van der Waals surface area contributed by atoms with Crippen molar-refractivity contribution in [2.24, 2.45) is 5.92 Å². The molecule has 0 spiro atoms. The molecule has 6 heteroatoms. The van der Waals surface area contributed by atoms with Gasteiger partial charge in [0.15, 0.2) is 0 Å². The summed E-state index contributed by atoms with van der Waals surface area (Å²) in [5.41, 5.74) is 2.15. The Hall–Kier alpha value is -1.98. The lowest BCUT2D eigenvalue weighted by molar-refractivity contribution is -0.127. The van der Waals surface area contributed by atoms with Gasteiger partial charge in [-0.2, -0.15) is 13.2 Å². The third-order valence-corrected chi connectivity index (χ3v) is 6.79. The molecule has 0 radical (unpaired) electrons. The summed E-state index contributed by atoms with van der Waals surface area (Å²) < 4.78 is 44.4. The minimum atomic E-state index is -4.24. The molecule has 0 unspecified atom stereocenters. The smallest absolute Gasteiger partial charge is 0.414 e. The molecule has 27 heavy (non-hydrogen) atoms. The van der Waals surface area contributed by atoms with Gasteiger partial charge in [0.05, 0.1) is 12.7 Å². The van der Waals surface area contributed by atoms with Gasteiger partial charge >= 0.3 is 12.3 Å². The normalized spacial score (nSPS) is 29.5. The summed E-state index contributed by atoms with van der Waals surface area (Å²) in [6, 6.07) is 5.29. The van der Waals surface area contributed by atoms with Crippen LogP contribution in [0.15, 0.2) is 31.0 Å². The van der Waals surface area contributed by atoms with E-state index in [1.54, 1.807) is 17.0 Å². The van der Waals surface area contributed by atoms with Crippen LogP contribution in [-0.2, 0) is 23.0 Å². The van der Waals surface area contributed by atoms with Crippen molar-refractivity contribution >= 4 is 6.09 Å². The fourth-order valence-electron chi connectivity index (χ4n) is 5.86. The van der Waals surface area contributed by atoms with Crippen LogP contribution < -0.4 is 0 Å². The molecule has 146 valence electrons. The van der Waals surface area contributed by atoms with E-state index in [0.29, 0.717) is 18.5 Å². The zero-order valence-electron chi connectivity index (χ0n) is 15.2. The highest BCUT2D eigenvalue weighted by atomic mass is 19.4. The van der Waals surface area contributed by atoms with Crippen LogP contribution in [0.1, 0.15) is 48.8 Å². The number of likely N-dealkylation sites (tertiary alicyclic amines) is 1. The van der Waals surface area contributed by atoms with Crippen molar-refractivity contribution in [2.45, 2.75) is 62.6 Å². The number of halogens is 3. The first kappa shape index (κ1) is 18.4. The molecule has 0 N–H and O–H groups in total. The number of carbonyl (C=O) groups excluding carboxylic acids is 1. The minimum Gasteiger partial charge on any atom is -0.419 e. The van der Waals surface area contributed by atoms with E-state index in [4.69, 9.17) is 4.74 Å². The summed E-state index contributed by atoms with van der Waals surface area (Å²) >= 11 is 0. The fraction of sp³-hybridized carbons (Fsp3) is 0.571. The number of piperidine rings is 1. The Morgan fingerprint density at radius 3 is 2.89 bits per heavy atom. The molecule has 1 aromatic carbocycles. The number of nitrogens with zero attached hydrogens (tertiary/aromatic N) is 1. The molecule has 1 aromatic rings. The van der Waals surface area contributed by atoms with E-state index in [1.165, 1.54) is 0 Å². The van der Waals surface area contributed by atoms with Crippen LogP contribution >= 0.6 is 0 Å². The van der Waals surface area contributed by atoms with Crippen LogP contribution in [0.2, 0.25) is 0 Å². The number of amides is 1. The highest BCUT2D eigenvalue weighted by molar-refractivity contribution is 5.69. The highest BCUT2D eigenvalue weighted by Crippen LogP contribution is 2.56. The molecule has 1 saturated heterocycles. The minimum absolute atomic E-state index is 0.103. The number of hydrogen-bond acceptors (Lipinski definition) is 2. The van der Waals surface area contributed by atoms with Crippen molar-refractivity contribution in [1.82, 2.24) is 4.90 Å². The summed E-state index contributed by atoms with van der Waals surface area (Å²) in [4.78, 5) is 14.2. The predicted octanol–water partition coefficient (Wildman–Crippen LogP) is 5.13. The molecule has 0 aromatic heterocycles. The van der Waals surface area contributed by atoms with Gasteiger partial charge in [-0.15, -0.1) is 0 Å². The highest BCUT2D eigenvalue weighted by Gasteiger charge is 2.55. The molecule has 1 aliphatic heterocycles. The molecule has 3 atom stereocenters. The Morgan fingerprint density at radius 2 is 2.15 bits per heavy atom. The fourth-order valence-corrected chi connectivity index (χ4v) is 5.86. The maximum absolute atomic E-state index is 13.1. The van der Waals surface area contributed by atoms with E-state index in [0.717, 1.165) is 49.5 Å². The maximum atomic E-state index is 13.1. The number of ether oxygens (including phenoxy) is 1. The molecule has 2 aliphatic carbocycles. The zero-order valence-corrected chi connectivity index (χ0v) is 15.2. The SMILES string of the molecule is C=COC(=O)N1CC[C@]23CCCC[C@H]2[C@H]1Cc1c(CC(F)(F)F)cccc13. The maximum Gasteiger partial charge on any atom is 0.414 e. The number of carbonyl (C=O) groups is 1. The molecule has 2 fully saturated rings. The molecule has 1 saturated carbocycles. The van der Waals surface area contributed by atoms with E-state index >= 15 is 0 Å². The number of benzene rings is 1. The molecular formula is C21H24F3NO2. The Kier molecular flexibility index (Phi) is 4.47. The van der Waals surface area contributed by atoms with E-state index < -0.39 is 18.7 Å². The van der Waals surface area contributed by atoms with Gasteiger partial charge in [0.2, 0.25) is 0 Å².